The van der Waals surface area contributed by atoms with Crippen LogP contribution in [-0.2, 0) is 11.2 Å². The fraction of sp³-hybridized carbons (Fsp3) is 0.385. The maximum atomic E-state index is 15.6. The lowest BCUT2D eigenvalue weighted by Gasteiger charge is -2.46. The van der Waals surface area contributed by atoms with E-state index in [1.807, 2.05) is 19.1 Å². The number of aromatic nitrogens is 1. The van der Waals surface area contributed by atoms with Crippen molar-refractivity contribution >= 4 is 17.0 Å². The molecular formula is C26H26F2N2O. The van der Waals surface area contributed by atoms with Crippen molar-refractivity contribution in [2.75, 3.05) is 13.2 Å². The van der Waals surface area contributed by atoms with E-state index in [0.29, 0.717) is 18.8 Å². The van der Waals surface area contributed by atoms with E-state index in [0.717, 1.165) is 36.9 Å². The van der Waals surface area contributed by atoms with Gasteiger partial charge in [0.15, 0.2) is 0 Å². The number of hydrogen-bond donors (Lipinski definition) is 1. The Labute approximate surface area is 180 Å². The van der Waals surface area contributed by atoms with E-state index in [4.69, 9.17) is 4.74 Å². The number of fused-ring (bicyclic) bond motifs is 3. The number of halogens is 2. The molecule has 3 nitrogen and oxygen atoms in total. The van der Waals surface area contributed by atoms with Gasteiger partial charge in [-0.15, -0.1) is 0 Å². The van der Waals surface area contributed by atoms with Gasteiger partial charge in [0.2, 0.25) is 0 Å². The molecule has 6 rings (SSSR count). The average molecular weight is 421 g/mol. The van der Waals surface area contributed by atoms with Gasteiger partial charge < -0.3 is 9.72 Å². The van der Waals surface area contributed by atoms with Gasteiger partial charge in [-0.1, -0.05) is 30.4 Å². The molecule has 5 heteroatoms. The molecule has 1 aliphatic carbocycles. The quantitative estimate of drug-likeness (QED) is 0.585. The molecule has 0 bridgehead atoms. The Kier molecular flexibility index (Phi) is 4.34. The zero-order valence-electron chi connectivity index (χ0n) is 17.6. The highest BCUT2D eigenvalue weighted by Gasteiger charge is 2.58. The summed E-state index contributed by atoms with van der Waals surface area (Å²) in [6.07, 6.45) is 7.45. The van der Waals surface area contributed by atoms with Crippen LogP contribution in [0.15, 0.2) is 42.5 Å². The summed E-state index contributed by atoms with van der Waals surface area (Å²) in [6, 6.07) is 10.8. The number of H-pyrrole nitrogens is 1. The normalized spacial score (nSPS) is 25.0. The molecule has 2 aliphatic heterocycles. The van der Waals surface area contributed by atoms with Gasteiger partial charge in [-0.2, -0.15) is 0 Å². The third-order valence-electron chi connectivity index (χ3n) is 7.31. The van der Waals surface area contributed by atoms with E-state index in [1.165, 1.54) is 23.1 Å². The first-order valence-corrected chi connectivity index (χ1v) is 11.2. The molecular weight excluding hydrogens is 394 g/mol. The maximum Gasteiger partial charge on any atom is 0.131 e. The fourth-order valence-corrected chi connectivity index (χ4v) is 5.83. The molecule has 160 valence electrons. The number of nitrogens with one attached hydrogen (secondary N) is 1. The first-order chi connectivity index (χ1) is 15.1. The van der Waals surface area contributed by atoms with Gasteiger partial charge in [0.1, 0.15) is 11.6 Å². The van der Waals surface area contributed by atoms with Crippen LogP contribution >= 0.6 is 0 Å². The number of rotatable bonds is 3. The van der Waals surface area contributed by atoms with Crippen molar-refractivity contribution in [1.29, 1.82) is 0 Å². The Morgan fingerprint density at radius 1 is 1.16 bits per heavy atom. The van der Waals surface area contributed by atoms with Crippen molar-refractivity contribution in [3.63, 3.8) is 0 Å². The number of aromatic amines is 1. The first kappa shape index (κ1) is 19.2. The van der Waals surface area contributed by atoms with Crippen molar-refractivity contribution in [3.8, 4) is 0 Å². The Bertz CT molecular complexity index is 1160. The van der Waals surface area contributed by atoms with Crippen LogP contribution in [0.3, 0.4) is 0 Å². The summed E-state index contributed by atoms with van der Waals surface area (Å²) < 4.78 is 36.8. The molecule has 0 amide bonds. The zero-order chi connectivity index (χ0) is 21.2. The minimum Gasteiger partial charge on any atom is -0.380 e. The van der Waals surface area contributed by atoms with Crippen molar-refractivity contribution in [3.05, 3.63) is 76.5 Å². The Balaban J connectivity index is 1.60. The van der Waals surface area contributed by atoms with Crippen molar-refractivity contribution in [2.45, 2.75) is 50.2 Å². The third-order valence-corrected chi connectivity index (χ3v) is 7.31. The molecule has 1 saturated carbocycles. The number of benzene rings is 2. The van der Waals surface area contributed by atoms with Gasteiger partial charge in [-0.3, -0.25) is 4.90 Å². The molecule has 1 aromatic heterocycles. The van der Waals surface area contributed by atoms with E-state index < -0.39 is 17.7 Å². The van der Waals surface area contributed by atoms with E-state index in [2.05, 4.69) is 22.0 Å². The Morgan fingerprint density at radius 2 is 1.94 bits per heavy atom. The van der Waals surface area contributed by atoms with Crippen LogP contribution in [0.4, 0.5) is 8.78 Å². The topological polar surface area (TPSA) is 28.3 Å². The van der Waals surface area contributed by atoms with Crippen molar-refractivity contribution in [2.24, 2.45) is 0 Å². The Morgan fingerprint density at radius 3 is 2.61 bits per heavy atom. The van der Waals surface area contributed by atoms with E-state index in [9.17, 15) is 0 Å². The number of allylic oxidation sites excluding steroid dienone is 1. The van der Waals surface area contributed by atoms with Gasteiger partial charge in [0, 0.05) is 40.3 Å². The van der Waals surface area contributed by atoms with Gasteiger partial charge in [0.25, 0.3) is 0 Å². The van der Waals surface area contributed by atoms with E-state index in [1.54, 1.807) is 12.2 Å². The molecule has 31 heavy (non-hydrogen) atoms. The summed E-state index contributed by atoms with van der Waals surface area (Å²) >= 11 is 0. The molecule has 2 atom stereocenters. The summed E-state index contributed by atoms with van der Waals surface area (Å²) in [5.41, 5.74) is 3.84. The molecule has 1 spiro atoms. The molecule has 1 saturated heterocycles. The monoisotopic (exact) mass is 420 g/mol. The second-order valence-corrected chi connectivity index (χ2v) is 9.19. The van der Waals surface area contributed by atoms with Crippen molar-refractivity contribution < 1.29 is 13.5 Å². The summed E-state index contributed by atoms with van der Waals surface area (Å²) in [7, 11) is 0. The van der Waals surface area contributed by atoms with Gasteiger partial charge >= 0.3 is 0 Å². The molecule has 3 aromatic rings. The number of para-hydroxylation sites is 1. The minimum atomic E-state index is -0.482. The largest absolute Gasteiger partial charge is 0.380 e. The number of nitrogens with zero attached hydrogens (tertiary/aromatic N) is 1. The maximum absolute atomic E-state index is 15.6. The SMILES string of the molecule is C/C=C/c1cc(F)c(C2c3[nH]c4ccccc4c3CC3(CC3)N2C2CCOC2)c(F)c1. The summed E-state index contributed by atoms with van der Waals surface area (Å²) in [6.45, 7) is 3.17. The average Bonchev–Trinajstić information content (AvgIpc) is 3.15. The lowest BCUT2D eigenvalue weighted by molar-refractivity contribution is 0.0522. The summed E-state index contributed by atoms with van der Waals surface area (Å²) in [5, 5.41) is 1.17. The van der Waals surface area contributed by atoms with Crippen LogP contribution in [-0.4, -0.2) is 34.7 Å². The van der Waals surface area contributed by atoms with Gasteiger partial charge in [-0.05, 0) is 61.9 Å². The molecule has 2 unspecified atom stereocenters. The minimum absolute atomic E-state index is 0.0398. The highest BCUT2D eigenvalue weighted by atomic mass is 19.1. The van der Waals surface area contributed by atoms with Crippen LogP contribution in [0.1, 0.15) is 54.6 Å². The molecule has 3 heterocycles. The summed E-state index contributed by atoms with van der Waals surface area (Å²) in [5.74, 6) is -0.964. The smallest absolute Gasteiger partial charge is 0.131 e. The number of hydrogen-bond acceptors (Lipinski definition) is 2. The predicted molar refractivity (Wildman–Crippen MR) is 118 cm³/mol. The molecule has 2 fully saturated rings. The highest BCUT2D eigenvalue weighted by molar-refractivity contribution is 5.85. The zero-order valence-corrected chi connectivity index (χ0v) is 17.6. The Hall–Kier alpha value is -2.50. The fourth-order valence-electron chi connectivity index (χ4n) is 5.83. The van der Waals surface area contributed by atoms with Crippen LogP contribution in [0.2, 0.25) is 0 Å². The third kappa shape index (κ3) is 2.90. The predicted octanol–water partition coefficient (Wildman–Crippen LogP) is 5.75. The lowest BCUT2D eigenvalue weighted by Crippen LogP contribution is -2.52. The molecule has 0 radical (unpaired) electrons. The van der Waals surface area contributed by atoms with Crippen LogP contribution in [0.25, 0.3) is 17.0 Å². The van der Waals surface area contributed by atoms with Crippen molar-refractivity contribution in [1.82, 2.24) is 9.88 Å². The highest BCUT2D eigenvalue weighted by Crippen LogP contribution is 2.57. The van der Waals surface area contributed by atoms with Gasteiger partial charge in [-0.25, -0.2) is 8.78 Å². The van der Waals surface area contributed by atoms with E-state index >= 15 is 8.78 Å². The van der Waals surface area contributed by atoms with E-state index in [-0.39, 0.29) is 17.1 Å². The standard InChI is InChI=1S/C26H26F2N2O/c1-2-5-16-12-20(27)23(21(28)13-16)25-24-19(18-6-3-4-7-22(18)29-24)14-26(9-10-26)30(25)17-8-11-31-15-17/h2-7,12-13,17,25,29H,8-11,14-15H2,1H3/b5-2+. The molecule has 2 aromatic carbocycles. The second kappa shape index (κ2) is 7.01. The summed E-state index contributed by atoms with van der Waals surface area (Å²) in [4.78, 5) is 5.95. The first-order valence-electron chi connectivity index (χ1n) is 11.2. The van der Waals surface area contributed by atoms with Crippen LogP contribution in [0.5, 0.6) is 0 Å². The second-order valence-electron chi connectivity index (χ2n) is 9.19. The molecule has 1 N–H and O–H groups in total. The molecule has 3 aliphatic rings. The van der Waals surface area contributed by atoms with Crippen LogP contribution < -0.4 is 0 Å². The van der Waals surface area contributed by atoms with Gasteiger partial charge in [0.05, 0.1) is 12.6 Å². The lowest BCUT2D eigenvalue weighted by atomic mass is 9.84. The number of ether oxygens (including phenoxy) is 1. The van der Waals surface area contributed by atoms with Crippen LogP contribution in [0, 0.1) is 11.6 Å².